The van der Waals surface area contributed by atoms with Crippen LogP contribution in [0.1, 0.15) is 17.7 Å². The van der Waals surface area contributed by atoms with Crippen molar-refractivity contribution in [1.29, 1.82) is 0 Å². The standard InChI is InChI=1S/C14H10Cl2N4O2S/c1-8(9-3-2-4-11(5-9)20(21)22)23-14-18-17-13-12(16)6-10(15)7-19(13)14/h2-8H,1H3/t8-/m1/s1. The number of nitro groups is 1. The highest BCUT2D eigenvalue weighted by Crippen LogP contribution is 2.36. The third kappa shape index (κ3) is 3.26. The molecule has 0 amide bonds. The molecule has 3 rings (SSSR count). The number of hydrogen-bond acceptors (Lipinski definition) is 5. The van der Waals surface area contributed by atoms with E-state index in [0.717, 1.165) is 5.56 Å². The van der Waals surface area contributed by atoms with Gasteiger partial charge in [0, 0.05) is 23.6 Å². The van der Waals surface area contributed by atoms with Gasteiger partial charge in [0.25, 0.3) is 5.69 Å². The number of thioether (sulfide) groups is 1. The van der Waals surface area contributed by atoms with Crippen LogP contribution in [0.2, 0.25) is 10.0 Å². The van der Waals surface area contributed by atoms with Crippen molar-refractivity contribution in [2.75, 3.05) is 0 Å². The fourth-order valence-corrected chi connectivity index (χ4v) is 3.55. The molecule has 0 radical (unpaired) electrons. The molecular formula is C14H10Cl2N4O2S. The van der Waals surface area contributed by atoms with Crippen LogP contribution < -0.4 is 0 Å². The van der Waals surface area contributed by atoms with Crippen molar-refractivity contribution in [2.24, 2.45) is 0 Å². The van der Waals surface area contributed by atoms with Gasteiger partial charge in [-0.25, -0.2) is 0 Å². The van der Waals surface area contributed by atoms with Crippen molar-refractivity contribution in [1.82, 2.24) is 14.6 Å². The number of rotatable bonds is 4. The molecule has 0 unspecified atom stereocenters. The van der Waals surface area contributed by atoms with E-state index in [4.69, 9.17) is 23.2 Å². The van der Waals surface area contributed by atoms with Gasteiger partial charge in [0.05, 0.1) is 15.0 Å². The normalized spacial score (nSPS) is 12.5. The summed E-state index contributed by atoms with van der Waals surface area (Å²) in [6.45, 7) is 1.94. The Balaban J connectivity index is 1.93. The average molecular weight is 369 g/mol. The summed E-state index contributed by atoms with van der Waals surface area (Å²) < 4.78 is 1.71. The minimum atomic E-state index is -0.410. The lowest BCUT2D eigenvalue weighted by atomic mass is 10.1. The molecular weight excluding hydrogens is 359 g/mol. The Labute approximate surface area is 145 Å². The Morgan fingerprint density at radius 3 is 2.83 bits per heavy atom. The van der Waals surface area contributed by atoms with Crippen molar-refractivity contribution >= 4 is 46.3 Å². The molecule has 0 fully saturated rings. The summed E-state index contributed by atoms with van der Waals surface area (Å²) in [6, 6.07) is 8.13. The van der Waals surface area contributed by atoms with Gasteiger partial charge < -0.3 is 0 Å². The predicted molar refractivity (Wildman–Crippen MR) is 90.4 cm³/mol. The molecule has 0 spiro atoms. The van der Waals surface area contributed by atoms with Crippen molar-refractivity contribution in [3.63, 3.8) is 0 Å². The summed E-state index contributed by atoms with van der Waals surface area (Å²) in [5, 5.41) is 20.5. The van der Waals surface area contributed by atoms with Crippen molar-refractivity contribution in [3.05, 3.63) is 62.3 Å². The highest BCUT2D eigenvalue weighted by molar-refractivity contribution is 7.99. The van der Waals surface area contributed by atoms with E-state index >= 15 is 0 Å². The molecule has 0 saturated carbocycles. The third-order valence-electron chi connectivity index (χ3n) is 3.23. The topological polar surface area (TPSA) is 73.3 Å². The molecule has 0 bridgehead atoms. The van der Waals surface area contributed by atoms with E-state index in [-0.39, 0.29) is 10.9 Å². The number of aromatic nitrogens is 3. The Kier molecular flexibility index (Phi) is 4.43. The first-order valence-corrected chi connectivity index (χ1v) is 8.20. The SMILES string of the molecule is C[C@@H](Sc1nnc2c(Cl)cc(Cl)cn12)c1cccc([N+](=O)[O-])c1. The van der Waals surface area contributed by atoms with E-state index in [0.29, 0.717) is 20.8 Å². The maximum Gasteiger partial charge on any atom is 0.269 e. The Hall–Kier alpha value is -1.83. The third-order valence-corrected chi connectivity index (χ3v) is 4.83. The zero-order chi connectivity index (χ0) is 16.6. The Morgan fingerprint density at radius 2 is 2.09 bits per heavy atom. The van der Waals surface area contributed by atoms with Crippen LogP contribution in [0.5, 0.6) is 0 Å². The van der Waals surface area contributed by atoms with Crippen LogP contribution in [0.25, 0.3) is 5.65 Å². The minimum absolute atomic E-state index is 0.0555. The van der Waals surface area contributed by atoms with E-state index < -0.39 is 4.92 Å². The molecule has 2 aromatic heterocycles. The first-order chi connectivity index (χ1) is 11.0. The second-order valence-electron chi connectivity index (χ2n) is 4.79. The second kappa shape index (κ2) is 6.35. The quantitative estimate of drug-likeness (QED) is 0.375. The molecule has 23 heavy (non-hydrogen) atoms. The molecule has 0 aliphatic rings. The van der Waals surface area contributed by atoms with E-state index in [2.05, 4.69) is 10.2 Å². The first-order valence-electron chi connectivity index (χ1n) is 6.56. The van der Waals surface area contributed by atoms with Gasteiger partial charge in [-0.2, -0.15) is 0 Å². The first kappa shape index (κ1) is 16.0. The monoisotopic (exact) mass is 368 g/mol. The fourth-order valence-electron chi connectivity index (χ4n) is 2.10. The predicted octanol–water partition coefficient (Wildman–Crippen LogP) is 4.80. The van der Waals surface area contributed by atoms with Crippen molar-refractivity contribution < 1.29 is 4.92 Å². The molecule has 9 heteroatoms. The summed E-state index contributed by atoms with van der Waals surface area (Å²) in [6.07, 6.45) is 1.69. The summed E-state index contributed by atoms with van der Waals surface area (Å²) in [5.41, 5.74) is 1.41. The highest BCUT2D eigenvalue weighted by Gasteiger charge is 2.16. The number of non-ortho nitro benzene ring substituents is 1. The van der Waals surface area contributed by atoms with E-state index in [1.54, 1.807) is 28.8 Å². The lowest BCUT2D eigenvalue weighted by molar-refractivity contribution is -0.384. The molecule has 2 heterocycles. The second-order valence-corrected chi connectivity index (χ2v) is 6.95. The molecule has 118 valence electrons. The van der Waals surface area contributed by atoms with Crippen LogP contribution in [0.15, 0.2) is 41.7 Å². The Bertz CT molecular complexity index is 900. The van der Waals surface area contributed by atoms with Crippen LogP contribution in [0, 0.1) is 10.1 Å². The zero-order valence-corrected chi connectivity index (χ0v) is 14.1. The number of hydrogen-bond donors (Lipinski definition) is 0. The Morgan fingerprint density at radius 1 is 1.30 bits per heavy atom. The zero-order valence-electron chi connectivity index (χ0n) is 11.8. The van der Waals surface area contributed by atoms with Crippen LogP contribution in [-0.2, 0) is 0 Å². The summed E-state index contributed by atoms with van der Waals surface area (Å²) in [7, 11) is 0. The summed E-state index contributed by atoms with van der Waals surface area (Å²) in [4.78, 5) is 10.5. The molecule has 6 nitrogen and oxygen atoms in total. The summed E-state index contributed by atoms with van der Waals surface area (Å²) >= 11 is 13.5. The van der Waals surface area contributed by atoms with E-state index in [1.807, 2.05) is 13.0 Å². The maximum atomic E-state index is 10.9. The maximum absolute atomic E-state index is 10.9. The molecule has 0 aliphatic carbocycles. The number of nitrogens with zero attached hydrogens (tertiary/aromatic N) is 4. The average Bonchev–Trinajstić information content (AvgIpc) is 2.90. The largest absolute Gasteiger partial charge is 0.275 e. The number of nitro benzene ring substituents is 1. The summed E-state index contributed by atoms with van der Waals surface area (Å²) in [5.74, 6) is 0. The van der Waals surface area contributed by atoms with Crippen LogP contribution in [0.3, 0.4) is 0 Å². The smallest absolute Gasteiger partial charge is 0.269 e. The van der Waals surface area contributed by atoms with Gasteiger partial charge in [-0.3, -0.25) is 14.5 Å². The van der Waals surface area contributed by atoms with Crippen LogP contribution >= 0.6 is 35.0 Å². The van der Waals surface area contributed by atoms with Gasteiger partial charge in [-0.15, -0.1) is 10.2 Å². The highest BCUT2D eigenvalue weighted by atomic mass is 35.5. The van der Waals surface area contributed by atoms with Crippen molar-refractivity contribution in [2.45, 2.75) is 17.3 Å². The molecule has 1 aromatic carbocycles. The number of pyridine rings is 1. The van der Waals surface area contributed by atoms with Gasteiger partial charge in [-0.1, -0.05) is 47.1 Å². The number of benzene rings is 1. The van der Waals surface area contributed by atoms with Gasteiger partial charge in [0.2, 0.25) is 0 Å². The van der Waals surface area contributed by atoms with E-state index in [9.17, 15) is 10.1 Å². The van der Waals surface area contributed by atoms with Crippen LogP contribution in [0.4, 0.5) is 5.69 Å². The molecule has 0 saturated heterocycles. The number of halogens is 2. The van der Waals surface area contributed by atoms with Gasteiger partial charge in [0.15, 0.2) is 10.8 Å². The number of fused-ring (bicyclic) bond motifs is 1. The molecule has 0 aliphatic heterocycles. The van der Waals surface area contributed by atoms with E-state index in [1.165, 1.54) is 17.8 Å². The fraction of sp³-hybridized carbons (Fsp3) is 0.143. The van der Waals surface area contributed by atoms with Gasteiger partial charge >= 0.3 is 0 Å². The van der Waals surface area contributed by atoms with Gasteiger partial charge in [-0.05, 0) is 18.6 Å². The molecule has 0 N–H and O–H groups in total. The molecule has 3 aromatic rings. The molecule has 1 atom stereocenters. The van der Waals surface area contributed by atoms with Gasteiger partial charge in [0.1, 0.15) is 0 Å². The lowest BCUT2D eigenvalue weighted by Crippen LogP contribution is -1.95. The van der Waals surface area contributed by atoms with Crippen molar-refractivity contribution in [3.8, 4) is 0 Å². The lowest BCUT2D eigenvalue weighted by Gasteiger charge is -2.10. The van der Waals surface area contributed by atoms with Crippen LogP contribution in [-0.4, -0.2) is 19.5 Å². The minimum Gasteiger partial charge on any atom is -0.275 e.